The number of carboxylic acid groups (broad SMARTS) is 1. The van der Waals surface area contributed by atoms with Crippen molar-refractivity contribution in [3.63, 3.8) is 0 Å². The number of pyridine rings is 1. The minimum Gasteiger partial charge on any atom is -0.465 e. The third kappa shape index (κ3) is 2.43. The number of aromatic nitrogens is 1. The van der Waals surface area contributed by atoms with Crippen molar-refractivity contribution in [3.8, 4) is 0 Å². The molecule has 7 nitrogen and oxygen atoms in total. The summed E-state index contributed by atoms with van der Waals surface area (Å²) in [6.07, 6.45) is 0.599. The fraction of sp³-hybridized carbons (Fsp3) is 0.312. The summed E-state index contributed by atoms with van der Waals surface area (Å²) in [5, 5.41) is 10.7. The Bertz CT molecular complexity index is 970. The fourth-order valence-electron chi connectivity index (χ4n) is 3.54. The second-order valence-electron chi connectivity index (χ2n) is 6.21. The molecule has 10 heteroatoms. The van der Waals surface area contributed by atoms with Gasteiger partial charge in [-0.15, -0.1) is 0 Å². The molecule has 1 saturated heterocycles. The van der Waals surface area contributed by atoms with Gasteiger partial charge in [0.1, 0.15) is 6.04 Å². The van der Waals surface area contributed by atoms with Gasteiger partial charge in [0.15, 0.2) is 0 Å². The van der Waals surface area contributed by atoms with Gasteiger partial charge in [-0.05, 0) is 22.0 Å². The molecule has 0 saturated carbocycles. The minimum atomic E-state index is -1.03. The molecule has 1 fully saturated rings. The van der Waals surface area contributed by atoms with Gasteiger partial charge >= 0.3 is 6.09 Å². The molecule has 2 amide bonds. The number of piperazine rings is 1. The second kappa shape index (κ2) is 6.14. The Morgan fingerprint density at radius 3 is 2.77 bits per heavy atom. The zero-order valence-electron chi connectivity index (χ0n) is 13.5. The maximum Gasteiger partial charge on any atom is 0.407 e. The number of carbonyl (C=O) groups excluding carboxylic acids is 1. The molecule has 2 aromatic rings. The van der Waals surface area contributed by atoms with E-state index in [-0.39, 0.29) is 12.5 Å². The smallest absolute Gasteiger partial charge is 0.407 e. The lowest BCUT2D eigenvalue weighted by Gasteiger charge is -2.47. The zero-order chi connectivity index (χ0) is 18.7. The van der Waals surface area contributed by atoms with E-state index in [2.05, 4.69) is 20.9 Å². The number of benzene rings is 1. The highest BCUT2D eigenvalue weighted by Crippen LogP contribution is 2.47. The average molecular weight is 460 g/mol. The fourth-order valence-corrected chi connectivity index (χ4v) is 4.51. The molecule has 1 atom stereocenters. The maximum absolute atomic E-state index is 12.8. The van der Waals surface area contributed by atoms with Gasteiger partial charge in [-0.3, -0.25) is 9.78 Å². The normalized spacial score (nSPS) is 19.6. The standard InChI is InChI=1S/C16H13BrCl2N4O3/c1-21-9-5-20-8-4-7(17)12(18)13(19)11(8)14(9)23-3-2-22(16(25)26)6-10(23)15(21)24/h4-5,10H,2-3,6H2,1H3,(H,25,26)/t10-/m1/s1. The summed E-state index contributed by atoms with van der Waals surface area (Å²) in [4.78, 5) is 33.2. The molecule has 4 rings (SSSR count). The van der Waals surface area contributed by atoms with Crippen molar-refractivity contribution in [2.24, 2.45) is 0 Å². The largest absolute Gasteiger partial charge is 0.465 e. The van der Waals surface area contributed by atoms with Crippen LogP contribution in [0.15, 0.2) is 16.7 Å². The number of amides is 2. The Morgan fingerprint density at radius 1 is 1.35 bits per heavy atom. The SMILES string of the molecule is CN1C(=O)[C@H]2CN(C(=O)O)CCN2c2c1cnc1cc(Br)c(Cl)c(Cl)c21. The monoisotopic (exact) mass is 458 g/mol. The van der Waals surface area contributed by atoms with Gasteiger partial charge < -0.3 is 19.8 Å². The van der Waals surface area contributed by atoms with E-state index in [1.54, 1.807) is 19.3 Å². The number of nitrogens with zero attached hydrogens (tertiary/aromatic N) is 4. The van der Waals surface area contributed by atoms with Crippen LogP contribution in [-0.2, 0) is 4.79 Å². The van der Waals surface area contributed by atoms with Crippen LogP contribution in [0.3, 0.4) is 0 Å². The number of hydrogen-bond acceptors (Lipinski definition) is 4. The van der Waals surface area contributed by atoms with E-state index in [0.29, 0.717) is 44.2 Å². The molecule has 0 unspecified atom stereocenters. The highest BCUT2D eigenvalue weighted by molar-refractivity contribution is 9.10. The first-order valence-electron chi connectivity index (χ1n) is 7.79. The van der Waals surface area contributed by atoms with Crippen molar-refractivity contribution < 1.29 is 14.7 Å². The Hall–Kier alpha value is -1.77. The third-order valence-corrected chi connectivity index (χ3v) is 6.58. The molecule has 0 bridgehead atoms. The predicted octanol–water partition coefficient (Wildman–Crippen LogP) is 3.45. The van der Waals surface area contributed by atoms with Crippen LogP contribution < -0.4 is 9.80 Å². The predicted molar refractivity (Wildman–Crippen MR) is 104 cm³/mol. The van der Waals surface area contributed by atoms with Gasteiger partial charge in [0.25, 0.3) is 5.91 Å². The number of likely N-dealkylation sites (N-methyl/N-ethyl adjacent to an activating group) is 1. The summed E-state index contributed by atoms with van der Waals surface area (Å²) in [6, 6.07) is 1.17. The molecule has 2 aliphatic rings. The van der Waals surface area contributed by atoms with Crippen LogP contribution >= 0.6 is 39.1 Å². The number of anilines is 2. The van der Waals surface area contributed by atoms with Crippen molar-refractivity contribution in [2.75, 3.05) is 36.5 Å². The van der Waals surface area contributed by atoms with Crippen LogP contribution in [0, 0.1) is 0 Å². The quantitative estimate of drug-likeness (QED) is 0.610. The summed E-state index contributed by atoms with van der Waals surface area (Å²) in [6.45, 7) is 0.782. The van der Waals surface area contributed by atoms with E-state index < -0.39 is 12.1 Å². The van der Waals surface area contributed by atoms with Crippen molar-refractivity contribution in [2.45, 2.75) is 6.04 Å². The van der Waals surface area contributed by atoms with Gasteiger partial charge in [0.2, 0.25) is 0 Å². The lowest BCUT2D eigenvalue weighted by atomic mass is 10.0. The van der Waals surface area contributed by atoms with Crippen molar-refractivity contribution >= 4 is 73.4 Å². The Labute approximate surface area is 167 Å². The Kier molecular flexibility index (Phi) is 4.17. The number of rotatable bonds is 0. The van der Waals surface area contributed by atoms with Crippen LogP contribution in [0.1, 0.15) is 0 Å². The van der Waals surface area contributed by atoms with Crippen LogP contribution in [0.5, 0.6) is 0 Å². The molecule has 3 heterocycles. The van der Waals surface area contributed by atoms with Gasteiger partial charge in [-0.2, -0.15) is 0 Å². The van der Waals surface area contributed by atoms with Gasteiger partial charge in [0, 0.05) is 30.0 Å². The van der Waals surface area contributed by atoms with Crippen LogP contribution in [0.4, 0.5) is 16.2 Å². The summed E-state index contributed by atoms with van der Waals surface area (Å²) in [5.41, 5.74) is 2.03. The topological polar surface area (TPSA) is 77.0 Å². The molecule has 0 radical (unpaired) electrons. The Morgan fingerprint density at radius 2 is 2.08 bits per heavy atom. The lowest BCUT2D eigenvalue weighted by Crippen LogP contribution is -2.62. The van der Waals surface area contributed by atoms with E-state index >= 15 is 0 Å². The first kappa shape index (κ1) is 17.6. The van der Waals surface area contributed by atoms with Crippen molar-refractivity contribution in [1.82, 2.24) is 9.88 Å². The summed E-state index contributed by atoms with van der Waals surface area (Å²) in [5.74, 6) is -0.177. The maximum atomic E-state index is 12.8. The van der Waals surface area contributed by atoms with Crippen LogP contribution in [-0.4, -0.2) is 59.7 Å². The molecule has 26 heavy (non-hydrogen) atoms. The molecule has 136 valence electrons. The summed E-state index contributed by atoms with van der Waals surface area (Å²) >= 11 is 16.2. The van der Waals surface area contributed by atoms with E-state index in [9.17, 15) is 14.7 Å². The van der Waals surface area contributed by atoms with Crippen LogP contribution in [0.25, 0.3) is 10.9 Å². The number of hydrogen-bond donors (Lipinski definition) is 1. The second-order valence-corrected chi connectivity index (χ2v) is 7.82. The number of halogens is 3. The molecule has 0 spiro atoms. The molecule has 2 aliphatic heterocycles. The zero-order valence-corrected chi connectivity index (χ0v) is 16.6. The average Bonchev–Trinajstić information content (AvgIpc) is 2.63. The van der Waals surface area contributed by atoms with Gasteiger partial charge in [-0.1, -0.05) is 23.2 Å². The van der Waals surface area contributed by atoms with E-state index in [1.165, 1.54) is 9.80 Å². The van der Waals surface area contributed by atoms with E-state index in [1.807, 2.05) is 4.90 Å². The van der Waals surface area contributed by atoms with Gasteiger partial charge in [0.05, 0.1) is 39.7 Å². The molecule has 1 N–H and O–H groups in total. The number of fused-ring (bicyclic) bond motifs is 5. The first-order valence-corrected chi connectivity index (χ1v) is 9.34. The summed E-state index contributed by atoms with van der Waals surface area (Å²) < 4.78 is 0.636. The summed E-state index contributed by atoms with van der Waals surface area (Å²) in [7, 11) is 1.65. The lowest BCUT2D eigenvalue weighted by molar-refractivity contribution is -0.120. The highest BCUT2D eigenvalue weighted by Gasteiger charge is 2.42. The van der Waals surface area contributed by atoms with Crippen molar-refractivity contribution in [1.29, 1.82) is 0 Å². The third-order valence-electron chi connectivity index (χ3n) is 4.86. The van der Waals surface area contributed by atoms with E-state index in [4.69, 9.17) is 23.2 Å². The molecular weight excluding hydrogens is 447 g/mol. The van der Waals surface area contributed by atoms with Gasteiger partial charge in [-0.25, -0.2) is 4.79 Å². The van der Waals surface area contributed by atoms with Crippen molar-refractivity contribution in [3.05, 3.63) is 26.8 Å². The first-order chi connectivity index (χ1) is 12.3. The highest BCUT2D eigenvalue weighted by atomic mass is 79.9. The molecular formula is C16H13BrCl2N4O3. The minimum absolute atomic E-state index is 0.101. The molecule has 1 aromatic carbocycles. The number of carbonyl (C=O) groups is 2. The van der Waals surface area contributed by atoms with Crippen LogP contribution in [0.2, 0.25) is 10.0 Å². The Balaban J connectivity index is 1.96. The molecule has 0 aliphatic carbocycles. The molecule has 1 aromatic heterocycles. The van der Waals surface area contributed by atoms with E-state index in [0.717, 1.165) is 5.69 Å².